The molecule has 1 aromatic carbocycles. The number of halogens is 2. The average molecular weight is 318 g/mol. The van der Waals surface area contributed by atoms with Crippen molar-refractivity contribution in [2.75, 3.05) is 0 Å². The smallest absolute Gasteiger partial charge is 0.387 e. The molecule has 0 aliphatic carbocycles. The number of nitrogens with one attached hydrogen (secondary N) is 1. The first-order valence-electron chi connectivity index (χ1n) is 6.56. The summed E-state index contributed by atoms with van der Waals surface area (Å²) < 4.78 is 34.1. The van der Waals surface area contributed by atoms with E-state index in [2.05, 4.69) is 10.1 Å². The van der Waals surface area contributed by atoms with Gasteiger partial charge in [0, 0.05) is 5.56 Å². The van der Waals surface area contributed by atoms with Crippen LogP contribution < -0.4 is 10.1 Å². The first kappa shape index (κ1) is 16.2. The number of ether oxygens (including phenoxy) is 1. The number of para-hydroxylation sites is 1. The number of rotatable bonds is 6. The van der Waals surface area contributed by atoms with Crippen LogP contribution in [0.25, 0.3) is 6.08 Å². The number of hydrogen-bond acceptors (Lipinski definition) is 4. The minimum Gasteiger partial charge on any atom is -0.467 e. The maximum atomic E-state index is 12.4. The molecule has 0 unspecified atom stereocenters. The number of furan rings is 1. The number of hydrogen-bond donors (Lipinski definition) is 1. The summed E-state index contributed by atoms with van der Waals surface area (Å²) in [4.78, 5) is 12.0. The van der Waals surface area contributed by atoms with Crippen molar-refractivity contribution in [3.05, 3.63) is 59.6 Å². The first-order chi connectivity index (χ1) is 11.1. The Balaban J connectivity index is 2.15. The fourth-order valence-corrected chi connectivity index (χ4v) is 1.78. The maximum absolute atomic E-state index is 12.4. The summed E-state index contributed by atoms with van der Waals surface area (Å²) in [5, 5.41) is 11.6. The molecule has 2 rings (SSSR count). The molecule has 2 aromatic rings. The topological polar surface area (TPSA) is 75.3 Å². The number of amides is 1. The molecule has 1 amide bonds. The lowest BCUT2D eigenvalue weighted by atomic mass is 10.1. The Morgan fingerprint density at radius 2 is 2.13 bits per heavy atom. The summed E-state index contributed by atoms with van der Waals surface area (Å²) in [5.74, 6) is -0.234. The van der Waals surface area contributed by atoms with Crippen LogP contribution >= 0.6 is 0 Å². The molecule has 0 atom stereocenters. The number of benzene rings is 1. The van der Waals surface area contributed by atoms with Gasteiger partial charge in [0.15, 0.2) is 0 Å². The second kappa shape index (κ2) is 7.75. The van der Waals surface area contributed by atoms with Gasteiger partial charge in [-0.3, -0.25) is 4.79 Å². The van der Waals surface area contributed by atoms with Gasteiger partial charge in [-0.05, 0) is 24.3 Å². The predicted octanol–water partition coefficient (Wildman–Crippen LogP) is 3.10. The van der Waals surface area contributed by atoms with E-state index in [-0.39, 0.29) is 23.4 Å². The van der Waals surface area contributed by atoms with Crippen LogP contribution in [-0.4, -0.2) is 12.5 Å². The zero-order valence-corrected chi connectivity index (χ0v) is 11.8. The van der Waals surface area contributed by atoms with Gasteiger partial charge < -0.3 is 14.5 Å². The molecule has 23 heavy (non-hydrogen) atoms. The van der Waals surface area contributed by atoms with Gasteiger partial charge >= 0.3 is 6.61 Å². The zero-order chi connectivity index (χ0) is 16.7. The SMILES string of the molecule is N#C/C(=C\c1ccccc1OC(F)F)C(=O)NCc1ccco1. The third-order valence-electron chi connectivity index (χ3n) is 2.80. The van der Waals surface area contributed by atoms with Gasteiger partial charge in [0.2, 0.25) is 0 Å². The van der Waals surface area contributed by atoms with E-state index in [1.807, 2.05) is 0 Å². The zero-order valence-electron chi connectivity index (χ0n) is 11.8. The monoisotopic (exact) mass is 318 g/mol. The van der Waals surface area contributed by atoms with Crippen molar-refractivity contribution in [1.29, 1.82) is 5.26 Å². The van der Waals surface area contributed by atoms with E-state index < -0.39 is 12.5 Å². The second-order valence-corrected chi connectivity index (χ2v) is 4.35. The number of carbonyl (C=O) groups excluding carboxylic acids is 1. The van der Waals surface area contributed by atoms with E-state index in [9.17, 15) is 13.6 Å². The molecule has 1 heterocycles. The molecule has 0 fully saturated rings. The molecule has 0 saturated carbocycles. The van der Waals surface area contributed by atoms with Gasteiger partial charge in [-0.1, -0.05) is 18.2 Å². The van der Waals surface area contributed by atoms with Crippen LogP contribution in [0.4, 0.5) is 8.78 Å². The summed E-state index contributed by atoms with van der Waals surface area (Å²) in [6, 6.07) is 11.0. The Hall–Kier alpha value is -3.14. The number of carbonyl (C=O) groups is 1. The Labute approximate surface area is 130 Å². The highest BCUT2D eigenvalue weighted by atomic mass is 19.3. The molecule has 0 aliphatic rings. The average Bonchev–Trinajstić information content (AvgIpc) is 3.04. The van der Waals surface area contributed by atoms with Gasteiger partial charge in [-0.25, -0.2) is 0 Å². The fraction of sp³-hybridized carbons (Fsp3) is 0.125. The van der Waals surface area contributed by atoms with Crippen molar-refractivity contribution in [2.24, 2.45) is 0 Å². The molecular weight excluding hydrogens is 306 g/mol. The van der Waals surface area contributed by atoms with Crippen LogP contribution in [0.3, 0.4) is 0 Å². The first-order valence-corrected chi connectivity index (χ1v) is 6.56. The lowest BCUT2D eigenvalue weighted by molar-refractivity contribution is -0.117. The Bertz CT molecular complexity index is 734. The molecule has 118 valence electrons. The minimum absolute atomic E-state index is 0.111. The lowest BCUT2D eigenvalue weighted by Gasteiger charge is -2.08. The molecule has 1 N–H and O–H groups in total. The van der Waals surface area contributed by atoms with Gasteiger partial charge in [0.05, 0.1) is 12.8 Å². The molecule has 0 saturated heterocycles. The summed E-state index contributed by atoms with van der Waals surface area (Å²) in [6.45, 7) is -2.89. The van der Waals surface area contributed by atoms with E-state index in [0.717, 1.165) is 0 Å². The fourth-order valence-electron chi connectivity index (χ4n) is 1.78. The van der Waals surface area contributed by atoms with Crippen LogP contribution in [-0.2, 0) is 11.3 Å². The van der Waals surface area contributed by atoms with Crippen molar-refractivity contribution >= 4 is 12.0 Å². The van der Waals surface area contributed by atoms with Crippen molar-refractivity contribution in [2.45, 2.75) is 13.2 Å². The van der Waals surface area contributed by atoms with Crippen LogP contribution in [0.5, 0.6) is 5.75 Å². The normalized spacial score (nSPS) is 11.1. The van der Waals surface area contributed by atoms with Crippen LogP contribution in [0.15, 0.2) is 52.7 Å². The highest BCUT2D eigenvalue weighted by Gasteiger charge is 2.13. The molecule has 1 aromatic heterocycles. The Morgan fingerprint density at radius 1 is 1.35 bits per heavy atom. The molecule has 5 nitrogen and oxygen atoms in total. The summed E-state index contributed by atoms with van der Waals surface area (Å²) >= 11 is 0. The van der Waals surface area contributed by atoms with Crippen molar-refractivity contribution in [3.63, 3.8) is 0 Å². The van der Waals surface area contributed by atoms with Gasteiger partial charge in [0.1, 0.15) is 23.2 Å². The predicted molar refractivity (Wildman–Crippen MR) is 77.2 cm³/mol. The van der Waals surface area contributed by atoms with E-state index in [4.69, 9.17) is 9.68 Å². The summed E-state index contributed by atoms with van der Waals surface area (Å²) in [6.07, 6.45) is 2.65. The standard InChI is InChI=1S/C16H12F2N2O3/c17-16(18)23-14-6-2-1-4-11(14)8-12(9-19)15(21)20-10-13-5-3-7-22-13/h1-8,16H,10H2,(H,20,21)/b12-8+. The molecule has 7 heteroatoms. The number of nitrogens with zero attached hydrogens (tertiary/aromatic N) is 1. The van der Waals surface area contributed by atoms with Crippen LogP contribution in [0.2, 0.25) is 0 Å². The van der Waals surface area contributed by atoms with Gasteiger partial charge in [-0.15, -0.1) is 0 Å². The number of nitriles is 1. The lowest BCUT2D eigenvalue weighted by Crippen LogP contribution is -2.23. The van der Waals surface area contributed by atoms with E-state index in [1.165, 1.54) is 30.5 Å². The van der Waals surface area contributed by atoms with Crippen LogP contribution in [0.1, 0.15) is 11.3 Å². The van der Waals surface area contributed by atoms with E-state index in [1.54, 1.807) is 24.3 Å². The molecule has 0 bridgehead atoms. The Morgan fingerprint density at radius 3 is 2.78 bits per heavy atom. The second-order valence-electron chi connectivity index (χ2n) is 4.35. The highest BCUT2D eigenvalue weighted by Crippen LogP contribution is 2.22. The van der Waals surface area contributed by atoms with Crippen molar-refractivity contribution in [3.8, 4) is 11.8 Å². The summed E-state index contributed by atoms with van der Waals surface area (Å²) in [7, 11) is 0. The van der Waals surface area contributed by atoms with Gasteiger partial charge in [-0.2, -0.15) is 14.0 Å². The summed E-state index contributed by atoms with van der Waals surface area (Å²) in [5.41, 5.74) is -0.0284. The molecule has 0 spiro atoms. The maximum Gasteiger partial charge on any atom is 0.387 e. The van der Waals surface area contributed by atoms with Crippen molar-refractivity contribution in [1.82, 2.24) is 5.32 Å². The molecular formula is C16H12F2N2O3. The quantitative estimate of drug-likeness (QED) is 0.656. The van der Waals surface area contributed by atoms with Crippen LogP contribution in [0, 0.1) is 11.3 Å². The highest BCUT2D eigenvalue weighted by molar-refractivity contribution is 6.01. The molecule has 0 radical (unpaired) electrons. The largest absolute Gasteiger partial charge is 0.467 e. The van der Waals surface area contributed by atoms with Gasteiger partial charge in [0.25, 0.3) is 5.91 Å². The van der Waals surface area contributed by atoms with Crippen molar-refractivity contribution < 1.29 is 22.7 Å². The third kappa shape index (κ3) is 4.68. The van der Waals surface area contributed by atoms with E-state index in [0.29, 0.717) is 5.76 Å². The van der Waals surface area contributed by atoms with E-state index >= 15 is 0 Å². The number of alkyl halides is 2. The minimum atomic E-state index is -3.00. The Kier molecular flexibility index (Phi) is 5.47. The third-order valence-corrected chi connectivity index (χ3v) is 2.80. The molecule has 0 aliphatic heterocycles.